The van der Waals surface area contributed by atoms with Crippen molar-refractivity contribution in [2.24, 2.45) is 0 Å². The van der Waals surface area contributed by atoms with Crippen molar-refractivity contribution >= 4 is 18.0 Å². The fourth-order valence-electron chi connectivity index (χ4n) is 2.29. The highest BCUT2D eigenvalue weighted by molar-refractivity contribution is 5.81. The van der Waals surface area contributed by atoms with Gasteiger partial charge in [-0.2, -0.15) is 0 Å². The molecule has 1 amide bonds. The van der Waals surface area contributed by atoms with Crippen molar-refractivity contribution in [3.8, 4) is 0 Å². The molecule has 6 nitrogen and oxygen atoms in total. The zero-order valence-corrected chi connectivity index (χ0v) is 13.9. The van der Waals surface area contributed by atoms with Crippen LogP contribution in [0, 0.1) is 0 Å². The molecule has 1 aliphatic rings. The van der Waals surface area contributed by atoms with Gasteiger partial charge in [0, 0.05) is 18.4 Å². The number of carbonyl (C=O) groups is 2. The van der Waals surface area contributed by atoms with Gasteiger partial charge in [0.15, 0.2) is 0 Å². The average Bonchev–Trinajstić information content (AvgIpc) is 2.66. The summed E-state index contributed by atoms with van der Waals surface area (Å²) in [5, 5.41) is 2.52. The highest BCUT2D eigenvalue weighted by Gasteiger charge is 2.23. The lowest BCUT2D eigenvalue weighted by molar-refractivity contribution is -0.142. The lowest BCUT2D eigenvalue weighted by Gasteiger charge is -2.18. The van der Waals surface area contributed by atoms with Gasteiger partial charge in [0.2, 0.25) is 0 Å². The van der Waals surface area contributed by atoms with Gasteiger partial charge in [0.05, 0.1) is 7.11 Å². The molecule has 1 atom stereocenters. The van der Waals surface area contributed by atoms with Crippen molar-refractivity contribution in [3.05, 3.63) is 65.3 Å². The van der Waals surface area contributed by atoms with Crippen LogP contribution in [-0.4, -0.2) is 31.2 Å². The van der Waals surface area contributed by atoms with Crippen LogP contribution in [-0.2, 0) is 25.7 Å². The molecule has 0 fully saturated rings. The number of methoxy groups -OCH3 is 1. The van der Waals surface area contributed by atoms with E-state index in [0.717, 1.165) is 11.1 Å². The van der Waals surface area contributed by atoms with E-state index < -0.39 is 18.1 Å². The Morgan fingerprint density at radius 3 is 2.60 bits per heavy atom. The quantitative estimate of drug-likeness (QED) is 0.635. The second-order valence-corrected chi connectivity index (χ2v) is 5.43. The highest BCUT2D eigenvalue weighted by Crippen LogP contribution is 2.18. The van der Waals surface area contributed by atoms with Gasteiger partial charge in [-0.1, -0.05) is 42.5 Å². The third kappa shape index (κ3) is 5.79. The molecule has 0 saturated heterocycles. The molecule has 25 heavy (non-hydrogen) atoms. The summed E-state index contributed by atoms with van der Waals surface area (Å²) in [5.74, 6) is 1.26. The van der Waals surface area contributed by atoms with E-state index in [2.05, 4.69) is 5.32 Å². The Morgan fingerprint density at radius 1 is 1.24 bits per heavy atom. The molecule has 130 valence electrons. The Kier molecular flexibility index (Phi) is 6.75. The number of allylic oxidation sites excluding steroid dienone is 4. The van der Waals surface area contributed by atoms with Gasteiger partial charge < -0.3 is 14.8 Å². The van der Waals surface area contributed by atoms with Crippen LogP contribution in [0.1, 0.15) is 18.4 Å². The van der Waals surface area contributed by atoms with Gasteiger partial charge >= 0.3 is 12.1 Å². The third-order valence-electron chi connectivity index (χ3n) is 3.64. The number of ether oxygens (including phenoxy) is 2. The zero-order valence-electron chi connectivity index (χ0n) is 13.9. The Hall–Kier alpha value is -3.11. The smallest absolute Gasteiger partial charge is 0.408 e. The standard InChI is InChI=1S/C19H19NO5/c1-24-18(22)17(11-14-7-9-15(12-21)10-8-14)20-19(23)25-13-16-5-3-2-4-6-16/h2-9,17H,10-11,13H2,1H3,(H,20,23). The highest BCUT2D eigenvalue weighted by atomic mass is 16.6. The van der Waals surface area contributed by atoms with E-state index in [4.69, 9.17) is 9.47 Å². The van der Waals surface area contributed by atoms with E-state index in [1.807, 2.05) is 42.3 Å². The number of hydrogen-bond donors (Lipinski definition) is 1. The molecular formula is C19H19NO5. The predicted octanol–water partition coefficient (Wildman–Crippen LogP) is 2.49. The third-order valence-corrected chi connectivity index (χ3v) is 3.64. The SMILES string of the molecule is COC(=O)C(CC1=CCC(=C=O)C=C1)NC(=O)OCc1ccccc1. The molecule has 6 heteroatoms. The number of esters is 1. The van der Waals surface area contributed by atoms with Crippen molar-refractivity contribution in [1.82, 2.24) is 5.32 Å². The fourth-order valence-corrected chi connectivity index (χ4v) is 2.29. The Morgan fingerprint density at radius 2 is 2.00 bits per heavy atom. The summed E-state index contributed by atoms with van der Waals surface area (Å²) in [5.41, 5.74) is 2.20. The summed E-state index contributed by atoms with van der Waals surface area (Å²) < 4.78 is 9.86. The first-order valence-corrected chi connectivity index (χ1v) is 7.78. The van der Waals surface area contributed by atoms with Crippen LogP contribution in [0.3, 0.4) is 0 Å². The molecule has 1 aliphatic carbocycles. The molecular weight excluding hydrogens is 322 g/mol. The summed E-state index contributed by atoms with van der Waals surface area (Å²) in [6.07, 6.45) is 5.17. The van der Waals surface area contributed by atoms with Crippen LogP contribution in [0.5, 0.6) is 0 Å². The number of benzene rings is 1. The van der Waals surface area contributed by atoms with Crippen LogP contribution in [0.15, 0.2) is 59.7 Å². The second-order valence-electron chi connectivity index (χ2n) is 5.43. The first kappa shape index (κ1) is 18.2. The van der Waals surface area contributed by atoms with Gasteiger partial charge in [-0.05, 0) is 17.2 Å². The molecule has 0 aliphatic heterocycles. The van der Waals surface area contributed by atoms with Crippen LogP contribution >= 0.6 is 0 Å². The molecule has 0 saturated carbocycles. The topological polar surface area (TPSA) is 81.7 Å². The molecule has 1 aromatic carbocycles. The van der Waals surface area contributed by atoms with Crippen molar-refractivity contribution in [3.63, 3.8) is 0 Å². The summed E-state index contributed by atoms with van der Waals surface area (Å²) in [4.78, 5) is 34.4. The lowest BCUT2D eigenvalue weighted by Crippen LogP contribution is -2.42. The van der Waals surface area contributed by atoms with E-state index in [1.165, 1.54) is 7.11 Å². The van der Waals surface area contributed by atoms with E-state index in [9.17, 15) is 14.4 Å². The number of rotatable bonds is 6. The first-order chi connectivity index (χ1) is 12.1. The number of carbonyl (C=O) groups excluding carboxylic acids is 3. The van der Waals surface area contributed by atoms with Gasteiger partial charge in [-0.25, -0.2) is 14.4 Å². The van der Waals surface area contributed by atoms with Gasteiger partial charge in [0.1, 0.15) is 18.6 Å². The Labute approximate surface area is 145 Å². The maximum absolute atomic E-state index is 12.0. The molecule has 0 bridgehead atoms. The normalized spacial score (nSPS) is 14.1. The number of amides is 1. The van der Waals surface area contributed by atoms with Crippen molar-refractivity contribution < 1.29 is 23.9 Å². The van der Waals surface area contributed by atoms with Crippen molar-refractivity contribution in [2.45, 2.75) is 25.5 Å². The Balaban J connectivity index is 1.92. The molecule has 1 aromatic rings. The van der Waals surface area contributed by atoms with Crippen LogP contribution in [0.2, 0.25) is 0 Å². The fraction of sp³-hybridized carbons (Fsp3) is 0.263. The molecule has 1 unspecified atom stereocenters. The minimum absolute atomic E-state index is 0.108. The van der Waals surface area contributed by atoms with E-state index in [0.29, 0.717) is 12.0 Å². The number of nitrogens with one attached hydrogen (secondary N) is 1. The van der Waals surface area contributed by atoms with E-state index in [1.54, 1.807) is 12.2 Å². The van der Waals surface area contributed by atoms with Crippen molar-refractivity contribution in [1.29, 1.82) is 0 Å². The zero-order chi connectivity index (χ0) is 18.1. The molecule has 0 aromatic heterocycles. The molecule has 2 rings (SSSR count). The summed E-state index contributed by atoms with van der Waals surface area (Å²) >= 11 is 0. The molecule has 0 spiro atoms. The van der Waals surface area contributed by atoms with Gasteiger partial charge in [0.25, 0.3) is 0 Å². The van der Waals surface area contributed by atoms with Gasteiger partial charge in [-0.15, -0.1) is 0 Å². The number of alkyl carbamates (subject to hydrolysis) is 1. The minimum Gasteiger partial charge on any atom is -0.467 e. The Bertz CT molecular complexity index is 729. The molecule has 0 heterocycles. The van der Waals surface area contributed by atoms with Crippen LogP contribution in [0.25, 0.3) is 0 Å². The maximum Gasteiger partial charge on any atom is 0.408 e. The maximum atomic E-state index is 12.0. The largest absolute Gasteiger partial charge is 0.467 e. The number of hydrogen-bond acceptors (Lipinski definition) is 5. The second kappa shape index (κ2) is 9.25. The summed E-state index contributed by atoms with van der Waals surface area (Å²) in [6, 6.07) is 8.36. The van der Waals surface area contributed by atoms with E-state index in [-0.39, 0.29) is 13.0 Å². The van der Waals surface area contributed by atoms with Crippen LogP contribution < -0.4 is 5.32 Å². The lowest BCUT2D eigenvalue weighted by atomic mass is 9.98. The summed E-state index contributed by atoms with van der Waals surface area (Å²) in [6.45, 7) is 0.108. The molecule has 0 radical (unpaired) electrons. The monoisotopic (exact) mass is 341 g/mol. The van der Waals surface area contributed by atoms with Crippen molar-refractivity contribution in [2.75, 3.05) is 7.11 Å². The molecule has 1 N–H and O–H groups in total. The summed E-state index contributed by atoms with van der Waals surface area (Å²) in [7, 11) is 1.25. The van der Waals surface area contributed by atoms with Gasteiger partial charge in [-0.3, -0.25) is 0 Å². The van der Waals surface area contributed by atoms with Crippen LogP contribution in [0.4, 0.5) is 4.79 Å². The first-order valence-electron chi connectivity index (χ1n) is 7.78. The van der Waals surface area contributed by atoms with E-state index >= 15 is 0 Å². The predicted molar refractivity (Wildman–Crippen MR) is 91.2 cm³/mol. The minimum atomic E-state index is -0.870. The average molecular weight is 341 g/mol.